The second kappa shape index (κ2) is 6.29. The Bertz CT molecular complexity index is 625. The van der Waals surface area contributed by atoms with Crippen molar-refractivity contribution in [2.24, 2.45) is 0 Å². The molecule has 1 N–H and O–H groups in total. The van der Waals surface area contributed by atoms with Gasteiger partial charge in [-0.25, -0.2) is 4.39 Å². The van der Waals surface area contributed by atoms with E-state index in [-0.39, 0.29) is 11.6 Å². The van der Waals surface area contributed by atoms with Crippen molar-refractivity contribution in [1.29, 1.82) is 0 Å². The molecule has 0 heterocycles. The number of rotatable bonds is 3. The van der Waals surface area contributed by atoms with Crippen molar-refractivity contribution in [2.45, 2.75) is 0 Å². The molecule has 19 heavy (non-hydrogen) atoms. The topological polar surface area (TPSA) is 29.1 Å². The minimum atomic E-state index is -0.452. The number of carbonyl (C=O) groups is 1. The minimum absolute atomic E-state index is 0.173. The summed E-state index contributed by atoms with van der Waals surface area (Å²) in [5.41, 5.74) is 1.06. The fourth-order valence-corrected chi connectivity index (χ4v) is 1.94. The molecule has 0 saturated carbocycles. The van der Waals surface area contributed by atoms with Crippen molar-refractivity contribution in [3.8, 4) is 0 Å². The van der Waals surface area contributed by atoms with E-state index in [1.165, 1.54) is 18.2 Å². The molecule has 2 rings (SSSR count). The van der Waals surface area contributed by atoms with Crippen LogP contribution in [0.2, 0.25) is 0 Å². The van der Waals surface area contributed by atoms with Gasteiger partial charge < -0.3 is 5.32 Å². The number of amides is 1. The van der Waals surface area contributed by atoms with E-state index in [0.29, 0.717) is 0 Å². The molecule has 0 unspecified atom stereocenters. The Morgan fingerprint density at radius 3 is 2.68 bits per heavy atom. The molecule has 4 heteroatoms. The van der Waals surface area contributed by atoms with Crippen LogP contribution in [0.25, 0.3) is 6.08 Å². The van der Waals surface area contributed by atoms with Crippen LogP contribution < -0.4 is 5.32 Å². The highest BCUT2D eigenvalue weighted by atomic mass is 79.9. The van der Waals surface area contributed by atoms with Crippen molar-refractivity contribution in [2.75, 3.05) is 5.32 Å². The molecule has 0 saturated heterocycles. The largest absolute Gasteiger partial charge is 0.320 e. The van der Waals surface area contributed by atoms with Gasteiger partial charge in [-0.2, -0.15) is 0 Å². The first-order chi connectivity index (χ1) is 9.15. The average molecular weight is 320 g/mol. The van der Waals surface area contributed by atoms with Crippen LogP contribution in [0.4, 0.5) is 10.1 Å². The van der Waals surface area contributed by atoms with Crippen LogP contribution in [0, 0.1) is 5.82 Å². The van der Waals surface area contributed by atoms with Gasteiger partial charge in [0.15, 0.2) is 0 Å². The Morgan fingerprint density at radius 2 is 1.95 bits per heavy atom. The molecule has 1 amide bonds. The van der Waals surface area contributed by atoms with Gasteiger partial charge in [0.25, 0.3) is 0 Å². The summed E-state index contributed by atoms with van der Waals surface area (Å²) in [6, 6.07) is 13.6. The molecule has 0 atom stereocenters. The fraction of sp³-hybridized carbons (Fsp3) is 0. The summed E-state index contributed by atoms with van der Waals surface area (Å²) >= 11 is 3.35. The third kappa shape index (κ3) is 4.03. The monoisotopic (exact) mass is 319 g/mol. The predicted molar refractivity (Wildman–Crippen MR) is 78.2 cm³/mol. The number of anilines is 1. The summed E-state index contributed by atoms with van der Waals surface area (Å²) in [7, 11) is 0. The van der Waals surface area contributed by atoms with E-state index >= 15 is 0 Å². The summed E-state index contributed by atoms with van der Waals surface area (Å²) < 4.78 is 14.3. The lowest BCUT2D eigenvalue weighted by atomic mass is 10.2. The van der Waals surface area contributed by atoms with E-state index in [9.17, 15) is 9.18 Å². The second-order valence-corrected chi connectivity index (χ2v) is 4.77. The lowest BCUT2D eigenvalue weighted by molar-refractivity contribution is -0.111. The van der Waals surface area contributed by atoms with Crippen LogP contribution >= 0.6 is 15.9 Å². The Balaban J connectivity index is 2.04. The molecule has 2 aromatic carbocycles. The van der Waals surface area contributed by atoms with Gasteiger partial charge in [-0.15, -0.1) is 0 Å². The number of para-hydroxylation sites is 1. The number of nitrogens with one attached hydrogen (secondary N) is 1. The SMILES string of the molecule is O=C(/C=C/c1cccc(Br)c1)Nc1ccccc1F. The number of hydrogen-bond donors (Lipinski definition) is 1. The molecule has 0 radical (unpaired) electrons. The molecule has 2 aromatic rings. The van der Waals surface area contributed by atoms with Gasteiger partial charge in [-0.05, 0) is 35.9 Å². The van der Waals surface area contributed by atoms with Gasteiger partial charge >= 0.3 is 0 Å². The zero-order valence-electron chi connectivity index (χ0n) is 9.94. The lowest BCUT2D eigenvalue weighted by Gasteiger charge is -2.02. The highest BCUT2D eigenvalue weighted by molar-refractivity contribution is 9.10. The highest BCUT2D eigenvalue weighted by Crippen LogP contribution is 2.14. The molecular formula is C15H11BrFNO. The number of halogens is 2. The zero-order valence-corrected chi connectivity index (χ0v) is 11.5. The summed E-state index contributed by atoms with van der Waals surface area (Å²) in [4.78, 5) is 11.6. The van der Waals surface area contributed by atoms with Gasteiger partial charge in [-0.3, -0.25) is 4.79 Å². The standard InChI is InChI=1S/C15H11BrFNO/c16-12-5-3-4-11(10-12)8-9-15(19)18-14-7-2-1-6-13(14)17/h1-10H,(H,18,19)/b9-8+. The summed E-state index contributed by atoms with van der Waals surface area (Å²) in [5.74, 6) is -0.822. The first-order valence-electron chi connectivity index (χ1n) is 5.64. The minimum Gasteiger partial charge on any atom is -0.320 e. The average Bonchev–Trinajstić information content (AvgIpc) is 2.39. The van der Waals surface area contributed by atoms with E-state index in [1.807, 2.05) is 24.3 Å². The Kier molecular flexibility index (Phi) is 4.47. The zero-order chi connectivity index (χ0) is 13.7. The van der Waals surface area contributed by atoms with Crippen molar-refractivity contribution >= 4 is 33.6 Å². The quantitative estimate of drug-likeness (QED) is 0.842. The van der Waals surface area contributed by atoms with Crippen LogP contribution in [-0.2, 0) is 4.79 Å². The van der Waals surface area contributed by atoms with Crippen LogP contribution in [0.15, 0.2) is 59.1 Å². The number of hydrogen-bond acceptors (Lipinski definition) is 1. The fourth-order valence-electron chi connectivity index (χ4n) is 1.52. The Hall–Kier alpha value is -1.94. The second-order valence-electron chi connectivity index (χ2n) is 3.86. The number of benzene rings is 2. The van der Waals surface area contributed by atoms with Crippen molar-refractivity contribution in [3.05, 3.63) is 70.5 Å². The number of carbonyl (C=O) groups excluding carboxylic acids is 1. The third-order valence-corrected chi connectivity index (χ3v) is 2.90. The smallest absolute Gasteiger partial charge is 0.248 e. The maximum absolute atomic E-state index is 13.3. The van der Waals surface area contributed by atoms with E-state index < -0.39 is 5.82 Å². The molecule has 0 aliphatic heterocycles. The van der Waals surface area contributed by atoms with Gasteiger partial charge in [0.05, 0.1) is 5.69 Å². The van der Waals surface area contributed by atoms with E-state index in [2.05, 4.69) is 21.2 Å². The maximum Gasteiger partial charge on any atom is 0.248 e. The van der Waals surface area contributed by atoms with Crippen LogP contribution in [-0.4, -0.2) is 5.91 Å². The van der Waals surface area contributed by atoms with Gasteiger partial charge in [0, 0.05) is 10.5 Å². The molecule has 0 fully saturated rings. The first-order valence-corrected chi connectivity index (χ1v) is 6.43. The molecule has 0 spiro atoms. The van der Waals surface area contributed by atoms with E-state index in [0.717, 1.165) is 10.0 Å². The first kappa shape index (κ1) is 13.5. The predicted octanol–water partition coefficient (Wildman–Crippen LogP) is 4.24. The Labute approximate surface area is 119 Å². The Morgan fingerprint density at radius 1 is 1.16 bits per heavy atom. The molecule has 0 aliphatic rings. The van der Waals surface area contributed by atoms with Crippen LogP contribution in [0.5, 0.6) is 0 Å². The van der Waals surface area contributed by atoms with Crippen LogP contribution in [0.1, 0.15) is 5.56 Å². The lowest BCUT2D eigenvalue weighted by Crippen LogP contribution is -2.08. The van der Waals surface area contributed by atoms with Gasteiger partial charge in [0.2, 0.25) is 5.91 Å². The maximum atomic E-state index is 13.3. The van der Waals surface area contributed by atoms with E-state index in [4.69, 9.17) is 0 Å². The molecule has 2 nitrogen and oxygen atoms in total. The molecule has 96 valence electrons. The van der Waals surface area contributed by atoms with Gasteiger partial charge in [-0.1, -0.05) is 40.2 Å². The van der Waals surface area contributed by atoms with Gasteiger partial charge in [0.1, 0.15) is 5.82 Å². The van der Waals surface area contributed by atoms with Crippen LogP contribution in [0.3, 0.4) is 0 Å². The van der Waals surface area contributed by atoms with E-state index in [1.54, 1.807) is 18.2 Å². The van der Waals surface area contributed by atoms with Crippen molar-refractivity contribution in [1.82, 2.24) is 0 Å². The van der Waals surface area contributed by atoms with Crippen molar-refractivity contribution in [3.63, 3.8) is 0 Å². The third-order valence-electron chi connectivity index (χ3n) is 2.41. The summed E-state index contributed by atoms with van der Waals surface area (Å²) in [5, 5.41) is 2.48. The highest BCUT2D eigenvalue weighted by Gasteiger charge is 2.02. The summed E-state index contributed by atoms with van der Waals surface area (Å²) in [6.45, 7) is 0. The molecule has 0 bridgehead atoms. The molecule has 0 aromatic heterocycles. The molecule has 0 aliphatic carbocycles. The normalized spacial score (nSPS) is 10.6. The molecular weight excluding hydrogens is 309 g/mol. The summed E-state index contributed by atoms with van der Waals surface area (Å²) in [6.07, 6.45) is 3.04. The van der Waals surface area contributed by atoms with Crippen molar-refractivity contribution < 1.29 is 9.18 Å².